The molecular formula is C14H9F3N2O. The lowest BCUT2D eigenvalue weighted by atomic mass is 10.2. The Morgan fingerprint density at radius 3 is 2.65 bits per heavy atom. The molecule has 0 fully saturated rings. The Morgan fingerprint density at radius 1 is 1.25 bits per heavy atom. The number of pyridine rings is 1. The van der Waals surface area contributed by atoms with Gasteiger partial charge in [-0.05, 0) is 36.8 Å². The van der Waals surface area contributed by atoms with Crippen LogP contribution in [-0.2, 0) is 6.18 Å². The molecule has 0 aliphatic carbocycles. The van der Waals surface area contributed by atoms with Crippen molar-refractivity contribution in [2.45, 2.75) is 13.1 Å². The molecule has 3 nitrogen and oxygen atoms in total. The van der Waals surface area contributed by atoms with Crippen LogP contribution in [0.4, 0.5) is 13.2 Å². The lowest BCUT2D eigenvalue weighted by Gasteiger charge is -2.10. The smallest absolute Gasteiger partial charge is 0.416 e. The van der Waals surface area contributed by atoms with Crippen LogP contribution in [0.1, 0.15) is 16.7 Å². The van der Waals surface area contributed by atoms with Gasteiger partial charge in [-0.25, -0.2) is 4.98 Å². The van der Waals surface area contributed by atoms with Crippen LogP contribution in [0, 0.1) is 18.3 Å². The van der Waals surface area contributed by atoms with E-state index >= 15 is 0 Å². The van der Waals surface area contributed by atoms with E-state index in [-0.39, 0.29) is 17.2 Å². The van der Waals surface area contributed by atoms with Crippen LogP contribution in [0.5, 0.6) is 11.6 Å². The standard InChI is InChI=1S/C14H9F3N2O/c1-9-5-6-19-13(12(9)8-18)20-11-4-2-3-10(7-11)14(15,16)17/h2-7H,1H3. The summed E-state index contributed by atoms with van der Waals surface area (Å²) in [5.74, 6) is -0.0266. The SMILES string of the molecule is Cc1ccnc(Oc2cccc(C(F)(F)F)c2)c1C#N. The fourth-order valence-electron chi connectivity index (χ4n) is 1.59. The van der Waals surface area contributed by atoms with Crippen molar-refractivity contribution < 1.29 is 17.9 Å². The third-order valence-electron chi connectivity index (χ3n) is 2.61. The van der Waals surface area contributed by atoms with Crippen molar-refractivity contribution in [2.75, 3.05) is 0 Å². The molecule has 0 atom stereocenters. The fraction of sp³-hybridized carbons (Fsp3) is 0.143. The molecule has 0 saturated carbocycles. The van der Waals surface area contributed by atoms with Crippen molar-refractivity contribution in [2.24, 2.45) is 0 Å². The number of halogens is 3. The highest BCUT2D eigenvalue weighted by molar-refractivity contribution is 5.45. The number of hydrogen-bond acceptors (Lipinski definition) is 3. The molecule has 0 saturated heterocycles. The predicted octanol–water partition coefficient (Wildman–Crippen LogP) is 4.07. The molecular weight excluding hydrogens is 269 g/mol. The molecule has 2 rings (SSSR count). The Labute approximate surface area is 113 Å². The molecule has 20 heavy (non-hydrogen) atoms. The summed E-state index contributed by atoms with van der Waals surface area (Å²) in [4.78, 5) is 3.87. The average molecular weight is 278 g/mol. The van der Waals surface area contributed by atoms with E-state index in [1.54, 1.807) is 13.0 Å². The van der Waals surface area contributed by atoms with Crippen LogP contribution in [-0.4, -0.2) is 4.98 Å². The average Bonchev–Trinajstić information content (AvgIpc) is 2.38. The normalized spacial score (nSPS) is 10.9. The molecule has 0 unspecified atom stereocenters. The Morgan fingerprint density at radius 2 is 2.00 bits per heavy atom. The van der Waals surface area contributed by atoms with Crippen LogP contribution in [0.2, 0.25) is 0 Å². The monoisotopic (exact) mass is 278 g/mol. The summed E-state index contributed by atoms with van der Waals surface area (Å²) >= 11 is 0. The van der Waals surface area contributed by atoms with Crippen molar-refractivity contribution in [1.82, 2.24) is 4.98 Å². The van der Waals surface area contributed by atoms with Gasteiger partial charge in [0.2, 0.25) is 5.88 Å². The van der Waals surface area contributed by atoms with E-state index in [1.165, 1.54) is 18.3 Å². The third kappa shape index (κ3) is 2.88. The highest BCUT2D eigenvalue weighted by Crippen LogP contribution is 2.33. The van der Waals surface area contributed by atoms with Gasteiger partial charge in [0.05, 0.1) is 5.56 Å². The molecule has 0 aliphatic rings. The summed E-state index contributed by atoms with van der Waals surface area (Å²) < 4.78 is 43.1. The van der Waals surface area contributed by atoms with Crippen LogP contribution >= 0.6 is 0 Å². The van der Waals surface area contributed by atoms with Gasteiger partial charge >= 0.3 is 6.18 Å². The first-order valence-corrected chi connectivity index (χ1v) is 5.62. The molecule has 6 heteroatoms. The van der Waals surface area contributed by atoms with Crippen LogP contribution in [0.3, 0.4) is 0 Å². The second-order valence-electron chi connectivity index (χ2n) is 4.05. The molecule has 0 spiro atoms. The first-order chi connectivity index (χ1) is 9.41. The third-order valence-corrected chi connectivity index (χ3v) is 2.61. The lowest BCUT2D eigenvalue weighted by molar-refractivity contribution is -0.137. The zero-order chi connectivity index (χ0) is 14.8. The van der Waals surface area contributed by atoms with E-state index in [4.69, 9.17) is 10.00 Å². The predicted molar refractivity (Wildman–Crippen MR) is 65.2 cm³/mol. The maximum Gasteiger partial charge on any atom is 0.416 e. The minimum absolute atomic E-state index is 0.00757. The minimum Gasteiger partial charge on any atom is -0.438 e. The van der Waals surface area contributed by atoms with Crippen molar-refractivity contribution in [3.8, 4) is 17.7 Å². The maximum absolute atomic E-state index is 12.6. The largest absolute Gasteiger partial charge is 0.438 e. The number of nitrogens with zero attached hydrogens (tertiary/aromatic N) is 2. The molecule has 1 heterocycles. The van der Waals surface area contributed by atoms with E-state index in [2.05, 4.69) is 4.98 Å². The highest BCUT2D eigenvalue weighted by atomic mass is 19.4. The van der Waals surface area contributed by atoms with Gasteiger partial charge in [-0.3, -0.25) is 0 Å². The van der Waals surface area contributed by atoms with Crippen molar-refractivity contribution >= 4 is 0 Å². The topological polar surface area (TPSA) is 45.9 Å². The van der Waals surface area contributed by atoms with Crippen LogP contribution in [0.25, 0.3) is 0 Å². The van der Waals surface area contributed by atoms with E-state index in [1.807, 2.05) is 6.07 Å². The molecule has 2 aromatic rings. The summed E-state index contributed by atoms with van der Waals surface area (Å²) in [6, 6.07) is 7.97. The molecule has 1 aromatic carbocycles. The molecule has 0 amide bonds. The molecule has 0 bridgehead atoms. The van der Waals surface area contributed by atoms with Gasteiger partial charge in [0, 0.05) is 6.20 Å². The zero-order valence-corrected chi connectivity index (χ0v) is 10.4. The number of rotatable bonds is 2. The first-order valence-electron chi connectivity index (χ1n) is 5.62. The Balaban J connectivity index is 2.37. The number of ether oxygens (including phenoxy) is 1. The summed E-state index contributed by atoms with van der Waals surface area (Å²) in [5, 5.41) is 9.01. The summed E-state index contributed by atoms with van der Waals surface area (Å²) in [6.45, 7) is 1.69. The van der Waals surface area contributed by atoms with E-state index in [0.717, 1.165) is 12.1 Å². The Bertz CT molecular complexity index is 675. The number of aromatic nitrogens is 1. The van der Waals surface area contributed by atoms with Gasteiger partial charge in [0.25, 0.3) is 0 Å². The number of alkyl halides is 3. The van der Waals surface area contributed by atoms with Crippen LogP contribution in [0.15, 0.2) is 36.5 Å². The van der Waals surface area contributed by atoms with Crippen molar-refractivity contribution in [3.63, 3.8) is 0 Å². The molecule has 0 N–H and O–H groups in total. The molecule has 0 aliphatic heterocycles. The van der Waals surface area contributed by atoms with Gasteiger partial charge in [0.15, 0.2) is 0 Å². The summed E-state index contributed by atoms with van der Waals surface area (Å²) in [6.07, 6.45) is -3.02. The molecule has 102 valence electrons. The number of benzene rings is 1. The minimum atomic E-state index is -4.45. The Hall–Kier alpha value is -2.55. The number of aryl methyl sites for hydroxylation is 1. The Kier molecular flexibility index (Phi) is 3.61. The number of hydrogen-bond donors (Lipinski definition) is 0. The molecule has 1 aromatic heterocycles. The second-order valence-corrected chi connectivity index (χ2v) is 4.05. The van der Waals surface area contributed by atoms with E-state index in [0.29, 0.717) is 5.56 Å². The zero-order valence-electron chi connectivity index (χ0n) is 10.4. The maximum atomic E-state index is 12.6. The number of nitriles is 1. The lowest BCUT2D eigenvalue weighted by Crippen LogP contribution is -2.04. The van der Waals surface area contributed by atoms with Gasteiger partial charge in [0.1, 0.15) is 17.4 Å². The first kappa shape index (κ1) is 13.9. The van der Waals surface area contributed by atoms with Crippen molar-refractivity contribution in [3.05, 3.63) is 53.2 Å². The summed E-state index contributed by atoms with van der Waals surface area (Å²) in [7, 11) is 0. The van der Waals surface area contributed by atoms with Crippen molar-refractivity contribution in [1.29, 1.82) is 5.26 Å². The molecule has 0 radical (unpaired) electrons. The highest BCUT2D eigenvalue weighted by Gasteiger charge is 2.30. The van der Waals surface area contributed by atoms with E-state index < -0.39 is 11.7 Å². The van der Waals surface area contributed by atoms with E-state index in [9.17, 15) is 13.2 Å². The van der Waals surface area contributed by atoms with Gasteiger partial charge in [-0.2, -0.15) is 18.4 Å². The quantitative estimate of drug-likeness (QED) is 0.831. The van der Waals surface area contributed by atoms with Gasteiger partial charge < -0.3 is 4.74 Å². The van der Waals surface area contributed by atoms with Gasteiger partial charge in [-0.15, -0.1) is 0 Å². The summed E-state index contributed by atoms with van der Waals surface area (Å²) in [5.41, 5.74) is 0.0237. The van der Waals surface area contributed by atoms with Gasteiger partial charge in [-0.1, -0.05) is 6.07 Å². The van der Waals surface area contributed by atoms with Crippen LogP contribution < -0.4 is 4.74 Å². The second kappa shape index (κ2) is 5.21. The fourth-order valence-corrected chi connectivity index (χ4v) is 1.59.